The molecular weight excluding hydrogens is 232 g/mol. The van der Waals surface area contributed by atoms with Gasteiger partial charge in [-0.05, 0) is 23.3 Å². The van der Waals surface area contributed by atoms with E-state index in [2.05, 4.69) is 0 Å². The van der Waals surface area contributed by atoms with Crippen LogP contribution in [0, 0.1) is 0 Å². The van der Waals surface area contributed by atoms with Crippen LogP contribution in [0.4, 0.5) is 0 Å². The molecule has 19 heavy (non-hydrogen) atoms. The van der Waals surface area contributed by atoms with E-state index >= 15 is 0 Å². The van der Waals surface area contributed by atoms with Crippen molar-refractivity contribution in [1.29, 1.82) is 0 Å². The molecule has 1 nitrogen and oxygen atoms in total. The highest BCUT2D eigenvalue weighted by molar-refractivity contribution is 5.63. The van der Waals surface area contributed by atoms with Crippen molar-refractivity contribution in [2.75, 3.05) is 0 Å². The maximum Gasteiger partial charge on any atom is 0.115 e. The molecule has 0 aliphatic carbocycles. The molecule has 0 amide bonds. The maximum atomic E-state index is 9.10. The van der Waals surface area contributed by atoms with Crippen LogP contribution >= 0.6 is 0 Å². The smallest absolute Gasteiger partial charge is 0.115 e. The van der Waals surface area contributed by atoms with E-state index in [1.54, 1.807) is 12.1 Å². The lowest BCUT2D eigenvalue weighted by atomic mass is 10.1. The lowest BCUT2D eigenvalue weighted by Crippen LogP contribution is -1.74. The Bertz CT molecular complexity index is 544. The highest BCUT2D eigenvalue weighted by Gasteiger charge is 1.94. The van der Waals surface area contributed by atoms with Crippen LogP contribution in [-0.2, 0) is 0 Å². The molecule has 0 aliphatic rings. The first-order chi connectivity index (χ1) is 9.36. The van der Waals surface area contributed by atoms with E-state index in [0.29, 0.717) is 5.75 Å². The fraction of sp³-hybridized carbons (Fsp3) is 0. The van der Waals surface area contributed by atoms with E-state index in [4.69, 9.17) is 5.11 Å². The Labute approximate surface area is 113 Å². The topological polar surface area (TPSA) is 20.2 Å². The summed E-state index contributed by atoms with van der Waals surface area (Å²) in [4.78, 5) is 0. The molecule has 0 spiro atoms. The van der Waals surface area contributed by atoms with E-state index < -0.39 is 0 Å². The molecule has 1 heteroatoms. The van der Waals surface area contributed by atoms with Crippen molar-refractivity contribution in [1.82, 2.24) is 0 Å². The molecule has 0 heterocycles. The minimum absolute atomic E-state index is 0.305. The molecule has 0 aromatic heterocycles. The van der Waals surface area contributed by atoms with Gasteiger partial charge in [-0.25, -0.2) is 0 Å². The molecule has 1 N–H and O–H groups in total. The number of hydrogen-bond acceptors (Lipinski definition) is 1. The fourth-order valence-corrected chi connectivity index (χ4v) is 1.67. The van der Waals surface area contributed by atoms with Gasteiger partial charge in [-0.15, -0.1) is 0 Å². The number of benzene rings is 3. The Balaban J connectivity index is 0.000000186. The summed E-state index contributed by atoms with van der Waals surface area (Å²) in [6.07, 6.45) is 0. The van der Waals surface area contributed by atoms with Crippen LogP contribution in [0.25, 0.3) is 11.1 Å². The van der Waals surface area contributed by atoms with Crippen LogP contribution in [0.1, 0.15) is 0 Å². The van der Waals surface area contributed by atoms with Gasteiger partial charge in [0.05, 0.1) is 0 Å². The summed E-state index contributed by atoms with van der Waals surface area (Å²) >= 11 is 0. The van der Waals surface area contributed by atoms with Crippen molar-refractivity contribution in [2.45, 2.75) is 0 Å². The van der Waals surface area contributed by atoms with Crippen molar-refractivity contribution in [3.8, 4) is 16.9 Å². The van der Waals surface area contributed by atoms with Gasteiger partial charge in [0, 0.05) is 0 Å². The lowest BCUT2D eigenvalue weighted by Gasteiger charge is -2.00. The van der Waals surface area contributed by atoms with Gasteiger partial charge in [0.15, 0.2) is 0 Å². The fourth-order valence-electron chi connectivity index (χ4n) is 1.67. The molecule has 0 saturated carbocycles. The predicted molar refractivity (Wildman–Crippen MR) is 80.0 cm³/mol. The number of rotatable bonds is 1. The molecule has 3 aromatic rings. The van der Waals surface area contributed by atoms with Crippen LogP contribution in [0.2, 0.25) is 0 Å². The van der Waals surface area contributed by atoms with Crippen LogP contribution < -0.4 is 0 Å². The van der Waals surface area contributed by atoms with Crippen molar-refractivity contribution in [3.63, 3.8) is 0 Å². The predicted octanol–water partition coefficient (Wildman–Crippen LogP) is 4.75. The van der Waals surface area contributed by atoms with Gasteiger partial charge < -0.3 is 5.11 Å². The second-order valence-corrected chi connectivity index (χ2v) is 4.07. The Morgan fingerprint density at radius 1 is 0.421 bits per heavy atom. The Morgan fingerprint density at radius 2 is 0.789 bits per heavy atom. The molecule has 0 fully saturated rings. The first-order valence-corrected chi connectivity index (χ1v) is 6.21. The van der Waals surface area contributed by atoms with Gasteiger partial charge in [0.25, 0.3) is 0 Å². The van der Waals surface area contributed by atoms with Crippen LogP contribution in [0.15, 0.2) is 91.0 Å². The molecule has 0 aliphatic heterocycles. The van der Waals surface area contributed by atoms with E-state index in [0.717, 1.165) is 5.56 Å². The van der Waals surface area contributed by atoms with E-state index in [9.17, 15) is 0 Å². The van der Waals surface area contributed by atoms with Crippen LogP contribution in [0.5, 0.6) is 5.75 Å². The average Bonchev–Trinajstić information content (AvgIpc) is 2.51. The third-order valence-corrected chi connectivity index (χ3v) is 2.64. The Hall–Kier alpha value is -2.54. The van der Waals surface area contributed by atoms with E-state index in [-0.39, 0.29) is 0 Å². The van der Waals surface area contributed by atoms with Gasteiger partial charge in [-0.3, -0.25) is 0 Å². The lowest BCUT2D eigenvalue weighted by molar-refractivity contribution is 0.475. The van der Waals surface area contributed by atoms with E-state index in [1.807, 2.05) is 78.9 Å². The Kier molecular flexibility index (Phi) is 4.77. The molecule has 0 unspecified atom stereocenters. The molecule has 0 saturated heterocycles. The SMILES string of the molecule is Oc1ccc(-c2ccccc2)cc1.c1ccccc1. The normalized spacial score (nSPS) is 9.26. The minimum Gasteiger partial charge on any atom is -0.508 e. The Morgan fingerprint density at radius 3 is 1.26 bits per heavy atom. The van der Waals surface area contributed by atoms with Gasteiger partial charge in [0.2, 0.25) is 0 Å². The molecule has 0 atom stereocenters. The zero-order valence-corrected chi connectivity index (χ0v) is 10.6. The molecule has 0 radical (unpaired) electrons. The number of phenolic OH excluding ortho intramolecular Hbond substituents is 1. The first-order valence-electron chi connectivity index (χ1n) is 6.21. The van der Waals surface area contributed by atoms with Crippen molar-refractivity contribution >= 4 is 0 Å². The largest absolute Gasteiger partial charge is 0.508 e. The highest BCUT2D eigenvalue weighted by Crippen LogP contribution is 2.20. The molecule has 3 aromatic carbocycles. The highest BCUT2D eigenvalue weighted by atomic mass is 16.3. The monoisotopic (exact) mass is 248 g/mol. The zero-order valence-electron chi connectivity index (χ0n) is 10.6. The summed E-state index contributed by atoms with van der Waals surface area (Å²) in [6, 6.07) is 29.3. The van der Waals surface area contributed by atoms with Crippen molar-refractivity contribution in [3.05, 3.63) is 91.0 Å². The van der Waals surface area contributed by atoms with Crippen LogP contribution in [-0.4, -0.2) is 5.11 Å². The zero-order chi connectivity index (χ0) is 13.3. The maximum absolute atomic E-state index is 9.10. The summed E-state index contributed by atoms with van der Waals surface area (Å²) in [7, 11) is 0. The quantitative estimate of drug-likeness (QED) is 0.659. The molecule has 3 rings (SSSR count). The second kappa shape index (κ2) is 7.02. The molecular formula is C18H16O. The van der Waals surface area contributed by atoms with Gasteiger partial charge >= 0.3 is 0 Å². The summed E-state index contributed by atoms with van der Waals surface area (Å²) < 4.78 is 0. The standard InChI is InChI=1S/C12H10O.C6H6/c13-12-8-6-11(7-9-12)10-4-2-1-3-5-10;1-2-4-6-5-3-1/h1-9,13H;1-6H. The van der Waals surface area contributed by atoms with Crippen molar-refractivity contribution in [2.24, 2.45) is 0 Å². The molecule has 94 valence electrons. The number of aromatic hydroxyl groups is 1. The van der Waals surface area contributed by atoms with Gasteiger partial charge in [-0.1, -0.05) is 78.9 Å². The summed E-state index contributed by atoms with van der Waals surface area (Å²) in [5.74, 6) is 0.305. The number of phenols is 1. The number of hydrogen-bond donors (Lipinski definition) is 1. The summed E-state index contributed by atoms with van der Waals surface area (Å²) in [5.41, 5.74) is 2.29. The first kappa shape index (κ1) is 12.9. The van der Waals surface area contributed by atoms with E-state index in [1.165, 1.54) is 5.56 Å². The summed E-state index contributed by atoms with van der Waals surface area (Å²) in [6.45, 7) is 0. The summed E-state index contributed by atoms with van der Waals surface area (Å²) in [5, 5.41) is 9.10. The third kappa shape index (κ3) is 4.32. The van der Waals surface area contributed by atoms with Gasteiger partial charge in [0.1, 0.15) is 5.75 Å². The van der Waals surface area contributed by atoms with Crippen molar-refractivity contribution < 1.29 is 5.11 Å². The third-order valence-electron chi connectivity index (χ3n) is 2.64. The van der Waals surface area contributed by atoms with Crippen LogP contribution in [0.3, 0.4) is 0 Å². The van der Waals surface area contributed by atoms with Gasteiger partial charge in [-0.2, -0.15) is 0 Å². The second-order valence-electron chi connectivity index (χ2n) is 4.07. The minimum atomic E-state index is 0.305. The molecule has 0 bridgehead atoms. The average molecular weight is 248 g/mol.